The number of amides is 1. The van der Waals surface area contributed by atoms with E-state index >= 15 is 0 Å². The fourth-order valence-corrected chi connectivity index (χ4v) is 4.30. The standard InChI is InChI=1S/C22H21N5O2S/c1-13-7-11-16(12-8-13)26-20(29)17-5-3-4-6-18(17)27-21(26)24-25-22(27)30-14(2)19(28)23-15-9-10-15/h3-8,11-12,14-15H,9-10H2,1-2H3,(H,23,28). The van der Waals surface area contributed by atoms with Crippen molar-refractivity contribution in [3.05, 3.63) is 64.4 Å². The zero-order chi connectivity index (χ0) is 20.8. The van der Waals surface area contributed by atoms with Crippen molar-refractivity contribution in [3.8, 4) is 5.69 Å². The summed E-state index contributed by atoms with van der Waals surface area (Å²) < 4.78 is 3.44. The van der Waals surface area contributed by atoms with Crippen LogP contribution < -0.4 is 10.9 Å². The molecule has 30 heavy (non-hydrogen) atoms. The van der Waals surface area contributed by atoms with Crippen LogP contribution in [0.2, 0.25) is 0 Å². The molecular formula is C22H21N5O2S. The summed E-state index contributed by atoms with van der Waals surface area (Å²) in [4.78, 5) is 25.8. The van der Waals surface area contributed by atoms with Crippen molar-refractivity contribution < 1.29 is 4.79 Å². The lowest BCUT2D eigenvalue weighted by atomic mass is 10.2. The van der Waals surface area contributed by atoms with E-state index in [1.165, 1.54) is 11.8 Å². The molecule has 1 saturated carbocycles. The third kappa shape index (κ3) is 3.27. The third-order valence-electron chi connectivity index (χ3n) is 5.26. The summed E-state index contributed by atoms with van der Waals surface area (Å²) in [5.74, 6) is 0.426. The van der Waals surface area contributed by atoms with Crippen molar-refractivity contribution in [1.82, 2.24) is 24.5 Å². The first-order chi connectivity index (χ1) is 14.5. The molecular weight excluding hydrogens is 398 g/mol. The molecule has 4 aromatic rings. The highest BCUT2D eigenvalue weighted by Gasteiger charge is 2.27. The average molecular weight is 420 g/mol. The Hall–Kier alpha value is -3.13. The van der Waals surface area contributed by atoms with Crippen LogP contribution in [0.25, 0.3) is 22.4 Å². The van der Waals surface area contributed by atoms with E-state index in [0.29, 0.717) is 22.4 Å². The molecule has 152 valence electrons. The topological polar surface area (TPSA) is 81.3 Å². The number of rotatable bonds is 5. The Morgan fingerprint density at radius 1 is 1.13 bits per heavy atom. The number of aryl methyl sites for hydroxylation is 1. The first kappa shape index (κ1) is 18.9. The largest absolute Gasteiger partial charge is 0.352 e. The zero-order valence-electron chi connectivity index (χ0n) is 16.7. The number of fused-ring (bicyclic) bond motifs is 3. The number of benzene rings is 2. The molecule has 0 spiro atoms. The molecule has 1 amide bonds. The molecule has 2 aromatic heterocycles. The first-order valence-corrected chi connectivity index (χ1v) is 10.8. The maximum Gasteiger partial charge on any atom is 0.267 e. The Labute approximate surface area is 177 Å². The van der Waals surface area contributed by atoms with Crippen LogP contribution in [-0.4, -0.2) is 36.4 Å². The minimum atomic E-state index is -0.323. The van der Waals surface area contributed by atoms with E-state index in [1.54, 1.807) is 10.6 Å². The van der Waals surface area contributed by atoms with Crippen LogP contribution in [0.4, 0.5) is 0 Å². The van der Waals surface area contributed by atoms with Crippen molar-refractivity contribution in [3.63, 3.8) is 0 Å². The quantitative estimate of drug-likeness (QED) is 0.503. The van der Waals surface area contributed by atoms with E-state index in [9.17, 15) is 9.59 Å². The van der Waals surface area contributed by atoms with Gasteiger partial charge in [0.15, 0.2) is 5.16 Å². The summed E-state index contributed by atoms with van der Waals surface area (Å²) in [5.41, 5.74) is 2.41. The molecule has 1 aliphatic rings. The smallest absolute Gasteiger partial charge is 0.267 e. The van der Waals surface area contributed by atoms with Gasteiger partial charge in [-0.15, -0.1) is 10.2 Å². The number of nitrogens with zero attached hydrogens (tertiary/aromatic N) is 4. The van der Waals surface area contributed by atoms with E-state index in [1.807, 2.05) is 60.7 Å². The summed E-state index contributed by atoms with van der Waals surface area (Å²) in [6, 6.07) is 15.5. The number of nitrogens with one attached hydrogen (secondary N) is 1. The molecule has 5 rings (SSSR count). The minimum Gasteiger partial charge on any atom is -0.352 e. The Bertz CT molecular complexity index is 1320. The van der Waals surface area contributed by atoms with Crippen molar-refractivity contribution in [2.75, 3.05) is 0 Å². The summed E-state index contributed by atoms with van der Waals surface area (Å²) in [7, 11) is 0. The normalized spacial score (nSPS) is 14.9. The molecule has 1 N–H and O–H groups in total. The zero-order valence-corrected chi connectivity index (χ0v) is 17.5. The summed E-state index contributed by atoms with van der Waals surface area (Å²) in [6.45, 7) is 3.87. The van der Waals surface area contributed by atoms with Gasteiger partial charge < -0.3 is 5.32 Å². The Balaban J connectivity index is 1.68. The van der Waals surface area contributed by atoms with E-state index in [-0.39, 0.29) is 16.7 Å². The summed E-state index contributed by atoms with van der Waals surface area (Å²) in [6.07, 6.45) is 2.09. The molecule has 1 aliphatic carbocycles. The van der Waals surface area contributed by atoms with Gasteiger partial charge in [-0.1, -0.05) is 41.6 Å². The lowest BCUT2D eigenvalue weighted by Crippen LogP contribution is -2.32. The Morgan fingerprint density at radius 3 is 2.60 bits per heavy atom. The third-order valence-corrected chi connectivity index (χ3v) is 6.30. The molecule has 2 aromatic carbocycles. The lowest BCUT2D eigenvalue weighted by molar-refractivity contribution is -0.120. The van der Waals surface area contributed by atoms with Crippen LogP contribution in [0.1, 0.15) is 25.3 Å². The van der Waals surface area contributed by atoms with Gasteiger partial charge in [0.1, 0.15) is 0 Å². The summed E-state index contributed by atoms with van der Waals surface area (Å²) in [5, 5.41) is 12.5. The van der Waals surface area contributed by atoms with Gasteiger partial charge in [0.05, 0.1) is 21.8 Å². The predicted octanol–water partition coefficient (Wildman–Crippen LogP) is 3.10. The lowest BCUT2D eigenvalue weighted by Gasteiger charge is -2.13. The first-order valence-electron chi connectivity index (χ1n) is 9.96. The molecule has 1 fully saturated rings. The summed E-state index contributed by atoms with van der Waals surface area (Å²) >= 11 is 1.35. The Morgan fingerprint density at radius 2 is 1.87 bits per heavy atom. The number of hydrogen-bond acceptors (Lipinski definition) is 5. The fourth-order valence-electron chi connectivity index (χ4n) is 3.44. The highest BCUT2D eigenvalue weighted by molar-refractivity contribution is 8.00. The molecule has 1 unspecified atom stereocenters. The second-order valence-electron chi connectivity index (χ2n) is 7.65. The number of carbonyl (C=O) groups is 1. The van der Waals surface area contributed by atoms with Gasteiger partial charge in [0.2, 0.25) is 11.7 Å². The van der Waals surface area contributed by atoms with Gasteiger partial charge in [-0.2, -0.15) is 0 Å². The molecule has 8 heteroatoms. The number of thioether (sulfide) groups is 1. The van der Waals surface area contributed by atoms with E-state index in [0.717, 1.165) is 29.6 Å². The average Bonchev–Trinajstić information content (AvgIpc) is 3.47. The van der Waals surface area contributed by atoms with Gasteiger partial charge in [0.25, 0.3) is 5.56 Å². The Kier molecular flexibility index (Phi) is 4.58. The van der Waals surface area contributed by atoms with Gasteiger partial charge in [-0.25, -0.2) is 4.57 Å². The highest BCUT2D eigenvalue weighted by atomic mass is 32.2. The molecule has 7 nitrogen and oxygen atoms in total. The second-order valence-corrected chi connectivity index (χ2v) is 8.96. The minimum absolute atomic E-state index is 0.00425. The number of aromatic nitrogens is 4. The number of para-hydroxylation sites is 1. The molecule has 0 bridgehead atoms. The molecule has 2 heterocycles. The maximum absolute atomic E-state index is 13.3. The van der Waals surface area contributed by atoms with Crippen molar-refractivity contribution in [1.29, 1.82) is 0 Å². The van der Waals surface area contributed by atoms with Gasteiger partial charge in [-0.3, -0.25) is 14.0 Å². The predicted molar refractivity (Wildman–Crippen MR) is 117 cm³/mol. The maximum atomic E-state index is 13.3. The molecule has 0 saturated heterocycles. The van der Waals surface area contributed by atoms with Gasteiger partial charge in [-0.05, 0) is 51.0 Å². The molecule has 1 atom stereocenters. The van der Waals surface area contributed by atoms with E-state index in [4.69, 9.17) is 0 Å². The van der Waals surface area contributed by atoms with Gasteiger partial charge >= 0.3 is 0 Å². The highest BCUT2D eigenvalue weighted by Crippen LogP contribution is 2.27. The van der Waals surface area contributed by atoms with Crippen LogP contribution in [-0.2, 0) is 4.79 Å². The monoisotopic (exact) mass is 419 g/mol. The van der Waals surface area contributed by atoms with E-state index < -0.39 is 0 Å². The van der Waals surface area contributed by atoms with Crippen LogP contribution >= 0.6 is 11.8 Å². The van der Waals surface area contributed by atoms with E-state index in [2.05, 4.69) is 15.5 Å². The van der Waals surface area contributed by atoms with Crippen molar-refractivity contribution >= 4 is 34.3 Å². The second kappa shape index (κ2) is 7.28. The van der Waals surface area contributed by atoms with Gasteiger partial charge in [0, 0.05) is 6.04 Å². The van der Waals surface area contributed by atoms with Crippen LogP contribution in [0, 0.1) is 6.92 Å². The van der Waals surface area contributed by atoms with Crippen molar-refractivity contribution in [2.24, 2.45) is 0 Å². The SMILES string of the molecule is Cc1ccc(-n2c(=O)c3ccccc3n3c(SC(C)C(=O)NC4CC4)nnc23)cc1. The number of hydrogen-bond donors (Lipinski definition) is 1. The van der Waals surface area contributed by atoms with Crippen LogP contribution in [0.15, 0.2) is 58.5 Å². The molecule has 0 aliphatic heterocycles. The van der Waals surface area contributed by atoms with Crippen LogP contribution in [0.5, 0.6) is 0 Å². The van der Waals surface area contributed by atoms with Crippen LogP contribution in [0.3, 0.4) is 0 Å². The fraction of sp³-hybridized carbons (Fsp3) is 0.273. The van der Waals surface area contributed by atoms with Crippen molar-refractivity contribution in [2.45, 2.75) is 43.1 Å². The number of carbonyl (C=O) groups excluding carboxylic acids is 1. The molecule has 0 radical (unpaired) electrons.